The van der Waals surface area contributed by atoms with Crippen LogP contribution in [-0.4, -0.2) is 20.2 Å². The largest absolute Gasteiger partial charge is 0.371 e. The maximum absolute atomic E-state index is 6.29. The van der Waals surface area contributed by atoms with Crippen LogP contribution in [0.5, 0.6) is 0 Å². The lowest BCUT2D eigenvalue weighted by Gasteiger charge is -2.26. The van der Waals surface area contributed by atoms with Crippen LogP contribution in [0.2, 0.25) is 5.02 Å². The fraction of sp³-hybridized carbons (Fsp3) is 0.381. The molecule has 140 valence electrons. The average molecular weight is 382 g/mol. The zero-order chi connectivity index (χ0) is 18.6. The fourth-order valence-corrected chi connectivity index (χ4v) is 4.05. The van der Waals surface area contributed by atoms with E-state index >= 15 is 0 Å². The molecule has 1 saturated carbocycles. The van der Waals surface area contributed by atoms with Crippen LogP contribution in [0.3, 0.4) is 0 Å². The summed E-state index contributed by atoms with van der Waals surface area (Å²) in [6.45, 7) is 2.10. The van der Waals surface area contributed by atoms with Gasteiger partial charge < -0.3 is 5.32 Å². The van der Waals surface area contributed by atoms with Gasteiger partial charge in [-0.1, -0.05) is 61.2 Å². The van der Waals surface area contributed by atoms with E-state index in [4.69, 9.17) is 11.6 Å². The number of tetrazole rings is 1. The van der Waals surface area contributed by atoms with E-state index in [9.17, 15) is 0 Å². The molecule has 5 nitrogen and oxygen atoms in total. The number of hydrogen-bond acceptors (Lipinski definition) is 4. The van der Waals surface area contributed by atoms with Crippen molar-refractivity contribution in [3.8, 4) is 0 Å². The molecule has 1 fully saturated rings. The molecule has 0 spiro atoms. The number of nitrogens with zero attached hydrogens (tertiary/aromatic N) is 4. The highest BCUT2D eigenvalue weighted by molar-refractivity contribution is 6.30. The summed E-state index contributed by atoms with van der Waals surface area (Å²) in [6.07, 6.45) is 6.02. The predicted molar refractivity (Wildman–Crippen MR) is 108 cm³/mol. The normalized spacial score (nSPS) is 16.2. The first kappa shape index (κ1) is 18.0. The van der Waals surface area contributed by atoms with Crippen LogP contribution in [0.25, 0.3) is 0 Å². The monoisotopic (exact) mass is 381 g/mol. The van der Waals surface area contributed by atoms with E-state index in [1.165, 1.54) is 24.8 Å². The van der Waals surface area contributed by atoms with Crippen molar-refractivity contribution >= 4 is 17.3 Å². The van der Waals surface area contributed by atoms with E-state index in [0.717, 1.165) is 29.9 Å². The third kappa shape index (κ3) is 3.98. The van der Waals surface area contributed by atoms with E-state index in [0.29, 0.717) is 11.1 Å². The van der Waals surface area contributed by atoms with Gasteiger partial charge in [0.15, 0.2) is 5.82 Å². The van der Waals surface area contributed by atoms with Crippen molar-refractivity contribution < 1.29 is 0 Å². The number of hydrogen-bond donors (Lipinski definition) is 1. The van der Waals surface area contributed by atoms with Gasteiger partial charge in [-0.25, -0.2) is 4.68 Å². The van der Waals surface area contributed by atoms with Gasteiger partial charge in [0.05, 0.1) is 6.04 Å². The maximum atomic E-state index is 6.29. The number of rotatable bonds is 5. The molecule has 1 atom stereocenters. The number of aromatic nitrogens is 4. The number of nitrogens with one attached hydrogen (secondary N) is 1. The zero-order valence-electron chi connectivity index (χ0n) is 15.5. The lowest BCUT2D eigenvalue weighted by molar-refractivity contribution is 0.315. The van der Waals surface area contributed by atoms with Crippen molar-refractivity contribution in [3.05, 3.63) is 70.5 Å². The number of benzene rings is 2. The molecule has 1 aliphatic rings. The Kier molecular flexibility index (Phi) is 5.39. The molecular formula is C21H24ClN5. The second-order valence-electron chi connectivity index (χ2n) is 7.22. The van der Waals surface area contributed by atoms with Gasteiger partial charge in [0.25, 0.3) is 0 Å². The summed E-state index contributed by atoms with van der Waals surface area (Å²) < 4.78 is 2.02. The quantitative estimate of drug-likeness (QED) is 0.647. The summed E-state index contributed by atoms with van der Waals surface area (Å²) in [5.74, 6) is 0.840. The molecule has 0 aliphatic heterocycles. The SMILES string of the molecule is Cc1ccccc1N[C@H](c1cccc(Cl)c1)c1nnnn1C1CCCCC1. The van der Waals surface area contributed by atoms with E-state index in [2.05, 4.69) is 46.0 Å². The molecule has 1 aliphatic carbocycles. The smallest absolute Gasteiger partial charge is 0.178 e. The van der Waals surface area contributed by atoms with Crippen LogP contribution in [-0.2, 0) is 0 Å². The summed E-state index contributed by atoms with van der Waals surface area (Å²) in [5, 5.41) is 17.2. The van der Waals surface area contributed by atoms with Crippen molar-refractivity contribution in [2.45, 2.75) is 51.1 Å². The first-order valence-corrected chi connectivity index (χ1v) is 9.95. The van der Waals surface area contributed by atoms with E-state index in [1.54, 1.807) is 0 Å². The molecule has 1 aromatic heterocycles. The van der Waals surface area contributed by atoms with Gasteiger partial charge in [-0.05, 0) is 59.5 Å². The number of para-hydroxylation sites is 1. The Morgan fingerprint density at radius 2 is 1.89 bits per heavy atom. The standard InChI is InChI=1S/C21H24ClN5/c1-15-8-5-6-13-19(15)23-20(16-9-7-10-17(22)14-16)21-24-25-26-27(21)18-11-3-2-4-12-18/h5-10,13-14,18,20,23H,2-4,11-12H2,1H3/t20-/m1/s1. The van der Waals surface area contributed by atoms with Gasteiger partial charge in [-0.15, -0.1) is 5.10 Å². The van der Waals surface area contributed by atoms with E-state index in [1.807, 2.05) is 35.0 Å². The second-order valence-corrected chi connectivity index (χ2v) is 7.66. The first-order valence-electron chi connectivity index (χ1n) is 9.58. The van der Waals surface area contributed by atoms with Crippen LogP contribution in [0, 0.1) is 6.92 Å². The number of anilines is 1. The Morgan fingerprint density at radius 3 is 2.67 bits per heavy atom. The van der Waals surface area contributed by atoms with Gasteiger partial charge in [0.2, 0.25) is 0 Å². The maximum Gasteiger partial charge on any atom is 0.178 e. The summed E-state index contributed by atoms with van der Waals surface area (Å²) in [7, 11) is 0. The molecule has 3 aromatic rings. The number of halogens is 1. The summed E-state index contributed by atoms with van der Waals surface area (Å²) in [6, 6.07) is 16.4. The summed E-state index contributed by atoms with van der Waals surface area (Å²) in [5.41, 5.74) is 3.31. The predicted octanol–water partition coefficient (Wildman–Crippen LogP) is 5.34. The molecule has 0 radical (unpaired) electrons. The number of aryl methyl sites for hydroxylation is 1. The van der Waals surface area contributed by atoms with Crippen LogP contribution in [0.1, 0.15) is 61.1 Å². The Balaban J connectivity index is 1.74. The highest BCUT2D eigenvalue weighted by atomic mass is 35.5. The molecule has 6 heteroatoms. The topological polar surface area (TPSA) is 55.6 Å². The summed E-state index contributed by atoms with van der Waals surface area (Å²) >= 11 is 6.29. The Labute approximate surface area is 164 Å². The third-order valence-electron chi connectivity index (χ3n) is 5.32. The van der Waals surface area contributed by atoms with Crippen LogP contribution in [0.4, 0.5) is 5.69 Å². The molecule has 4 rings (SSSR count). The molecule has 1 heterocycles. The molecule has 1 N–H and O–H groups in total. The minimum atomic E-state index is -0.165. The first-order chi connectivity index (χ1) is 13.2. The molecule has 0 bridgehead atoms. The van der Waals surface area contributed by atoms with Gasteiger partial charge in [-0.2, -0.15) is 0 Å². The van der Waals surface area contributed by atoms with Gasteiger partial charge >= 0.3 is 0 Å². The van der Waals surface area contributed by atoms with E-state index in [-0.39, 0.29) is 6.04 Å². The zero-order valence-corrected chi connectivity index (χ0v) is 16.2. The van der Waals surface area contributed by atoms with Crippen molar-refractivity contribution in [1.82, 2.24) is 20.2 Å². The molecule has 2 aromatic carbocycles. The Morgan fingerprint density at radius 1 is 1.07 bits per heavy atom. The van der Waals surface area contributed by atoms with Crippen molar-refractivity contribution in [3.63, 3.8) is 0 Å². The fourth-order valence-electron chi connectivity index (χ4n) is 3.85. The van der Waals surface area contributed by atoms with Crippen molar-refractivity contribution in [2.75, 3.05) is 5.32 Å². The van der Waals surface area contributed by atoms with Crippen LogP contribution >= 0.6 is 11.6 Å². The van der Waals surface area contributed by atoms with Gasteiger partial charge in [0.1, 0.15) is 6.04 Å². The lowest BCUT2D eigenvalue weighted by atomic mass is 9.95. The average Bonchev–Trinajstić information content (AvgIpc) is 3.17. The van der Waals surface area contributed by atoms with Crippen molar-refractivity contribution in [2.24, 2.45) is 0 Å². The van der Waals surface area contributed by atoms with E-state index < -0.39 is 0 Å². The van der Waals surface area contributed by atoms with Gasteiger partial charge in [-0.3, -0.25) is 0 Å². The van der Waals surface area contributed by atoms with Crippen LogP contribution < -0.4 is 5.32 Å². The van der Waals surface area contributed by atoms with Gasteiger partial charge in [0, 0.05) is 10.7 Å². The Bertz CT molecular complexity index is 901. The minimum absolute atomic E-state index is 0.165. The molecule has 0 unspecified atom stereocenters. The third-order valence-corrected chi connectivity index (χ3v) is 5.56. The molecule has 0 amide bonds. The van der Waals surface area contributed by atoms with Crippen LogP contribution in [0.15, 0.2) is 48.5 Å². The molecule has 0 saturated heterocycles. The highest BCUT2D eigenvalue weighted by Gasteiger charge is 2.27. The molecule has 27 heavy (non-hydrogen) atoms. The molecular weight excluding hydrogens is 358 g/mol. The Hall–Kier alpha value is -2.40. The highest BCUT2D eigenvalue weighted by Crippen LogP contribution is 2.33. The van der Waals surface area contributed by atoms with Crippen molar-refractivity contribution in [1.29, 1.82) is 0 Å². The minimum Gasteiger partial charge on any atom is -0.371 e. The second kappa shape index (κ2) is 8.09. The summed E-state index contributed by atoms with van der Waals surface area (Å²) in [4.78, 5) is 0. The lowest BCUT2D eigenvalue weighted by Crippen LogP contribution is -2.23.